The fourth-order valence-corrected chi connectivity index (χ4v) is 4.79. The van der Waals surface area contributed by atoms with Crippen LogP contribution in [-0.4, -0.2) is 26.8 Å². The molecule has 0 saturated carbocycles. The first kappa shape index (κ1) is 27.0. The third-order valence-corrected chi connectivity index (χ3v) is 6.71. The first-order chi connectivity index (χ1) is 19.9. The molecule has 204 valence electrons. The molecule has 0 radical (unpaired) electrons. The molecule has 5 rings (SSSR count). The van der Waals surface area contributed by atoms with Gasteiger partial charge in [0.05, 0.1) is 11.4 Å². The number of nitrogens with two attached hydrogens (primary N) is 1. The molecule has 0 bridgehead atoms. The van der Waals surface area contributed by atoms with Gasteiger partial charge in [-0.2, -0.15) is 5.10 Å². The first-order valence-electron chi connectivity index (χ1n) is 13.2. The first-order valence-corrected chi connectivity index (χ1v) is 13.2. The van der Waals surface area contributed by atoms with Gasteiger partial charge in [-0.15, -0.1) is 6.58 Å². The summed E-state index contributed by atoms with van der Waals surface area (Å²) >= 11 is 0. The van der Waals surface area contributed by atoms with Gasteiger partial charge in [0.2, 0.25) is 0 Å². The molecule has 8 nitrogen and oxygen atoms in total. The summed E-state index contributed by atoms with van der Waals surface area (Å²) < 4.78 is 3.15. The summed E-state index contributed by atoms with van der Waals surface area (Å²) in [6.07, 6.45) is 1.68. The number of fused-ring (bicyclic) bond motifs is 1. The number of hydrogen-bond acceptors (Lipinski definition) is 5. The second-order valence-electron chi connectivity index (χ2n) is 9.53. The maximum atomic E-state index is 14.2. The zero-order valence-corrected chi connectivity index (χ0v) is 22.9. The maximum absolute atomic E-state index is 14.2. The fraction of sp³-hybridized carbons (Fsp3) is 0.121. The van der Waals surface area contributed by atoms with Crippen LogP contribution in [0.1, 0.15) is 40.1 Å². The number of benzene rings is 3. The van der Waals surface area contributed by atoms with Crippen molar-refractivity contribution in [3.05, 3.63) is 130 Å². The van der Waals surface area contributed by atoms with E-state index in [9.17, 15) is 9.59 Å². The number of anilines is 2. The second-order valence-corrected chi connectivity index (χ2v) is 9.53. The van der Waals surface area contributed by atoms with Gasteiger partial charge in [-0.1, -0.05) is 66.4 Å². The van der Waals surface area contributed by atoms with Gasteiger partial charge >= 0.3 is 0 Å². The molecule has 8 heteroatoms. The van der Waals surface area contributed by atoms with Crippen molar-refractivity contribution in [3.63, 3.8) is 0 Å². The van der Waals surface area contributed by atoms with Crippen LogP contribution in [0, 0.1) is 11.8 Å². The zero-order chi connectivity index (χ0) is 28.9. The van der Waals surface area contributed by atoms with Gasteiger partial charge in [0.15, 0.2) is 5.82 Å². The Morgan fingerprint density at radius 2 is 1.76 bits per heavy atom. The van der Waals surface area contributed by atoms with E-state index in [1.165, 1.54) is 4.68 Å². The molecular formula is C33H30N6O2. The van der Waals surface area contributed by atoms with Crippen molar-refractivity contribution >= 4 is 28.3 Å². The molecule has 0 saturated heterocycles. The Kier molecular flexibility index (Phi) is 7.70. The van der Waals surface area contributed by atoms with Crippen molar-refractivity contribution in [2.75, 3.05) is 17.6 Å². The number of carbonyl (C=O) groups excluding carboxylic acids is 1. The normalized spacial score (nSPS) is 11.4. The van der Waals surface area contributed by atoms with Crippen molar-refractivity contribution in [3.8, 4) is 17.5 Å². The van der Waals surface area contributed by atoms with Gasteiger partial charge in [0, 0.05) is 36.1 Å². The Bertz CT molecular complexity index is 1860. The third-order valence-electron chi connectivity index (χ3n) is 6.71. The maximum Gasteiger partial charge on any atom is 0.264 e. The number of nitrogens with zero attached hydrogens (tertiary/aromatic N) is 3. The molecule has 0 aliphatic carbocycles. The van der Waals surface area contributed by atoms with E-state index in [4.69, 9.17) is 5.73 Å². The number of nitrogen functional groups attached to an aromatic ring is 1. The van der Waals surface area contributed by atoms with Crippen LogP contribution in [0.2, 0.25) is 0 Å². The highest BCUT2D eigenvalue weighted by Crippen LogP contribution is 2.26. The molecule has 0 aliphatic heterocycles. The summed E-state index contributed by atoms with van der Waals surface area (Å²) in [4.78, 5) is 27.7. The number of aromatic nitrogens is 3. The number of rotatable bonds is 7. The SMILES string of the molecule is C=CCNc1c(C(=O)NC(C)c2cc3cccc(C#Cc4ccccc4)c3c(=O)n2-c2ccccc2)c(N)nn1C. The van der Waals surface area contributed by atoms with E-state index in [0.717, 1.165) is 10.9 Å². The van der Waals surface area contributed by atoms with E-state index in [2.05, 4.69) is 34.2 Å². The van der Waals surface area contributed by atoms with E-state index in [-0.39, 0.29) is 16.9 Å². The van der Waals surface area contributed by atoms with Crippen LogP contribution in [0.5, 0.6) is 0 Å². The summed E-state index contributed by atoms with van der Waals surface area (Å²) in [5.74, 6) is 6.52. The zero-order valence-electron chi connectivity index (χ0n) is 22.9. The molecule has 4 N–H and O–H groups in total. The summed E-state index contributed by atoms with van der Waals surface area (Å²) in [5.41, 5.74) is 8.89. The molecule has 3 aromatic carbocycles. The molecule has 41 heavy (non-hydrogen) atoms. The second kappa shape index (κ2) is 11.7. The number of carbonyl (C=O) groups is 1. The van der Waals surface area contributed by atoms with Gasteiger partial charge in [-0.25, -0.2) is 0 Å². The molecule has 2 aromatic heterocycles. The third kappa shape index (κ3) is 5.47. The molecule has 1 atom stereocenters. The number of nitrogens with one attached hydrogen (secondary N) is 2. The van der Waals surface area contributed by atoms with Crippen LogP contribution in [0.4, 0.5) is 11.6 Å². The lowest BCUT2D eigenvalue weighted by Gasteiger charge is -2.21. The number of amides is 1. The van der Waals surface area contributed by atoms with Gasteiger partial charge in [0.25, 0.3) is 11.5 Å². The van der Waals surface area contributed by atoms with Crippen LogP contribution in [0.15, 0.2) is 102 Å². The topological polar surface area (TPSA) is 107 Å². The summed E-state index contributed by atoms with van der Waals surface area (Å²) in [6.45, 7) is 5.98. The molecule has 1 amide bonds. The molecule has 1 unspecified atom stereocenters. The fourth-order valence-electron chi connectivity index (χ4n) is 4.79. The Morgan fingerprint density at radius 1 is 1.05 bits per heavy atom. The van der Waals surface area contributed by atoms with E-state index in [0.29, 0.717) is 34.7 Å². The Labute approximate surface area is 238 Å². The minimum atomic E-state index is -0.564. The van der Waals surface area contributed by atoms with Crippen LogP contribution in [0.25, 0.3) is 16.5 Å². The molecule has 2 heterocycles. The van der Waals surface area contributed by atoms with Crippen LogP contribution in [-0.2, 0) is 7.05 Å². The molecule has 0 fully saturated rings. The Hall–Kier alpha value is -5.55. The van der Waals surface area contributed by atoms with E-state index >= 15 is 0 Å². The largest absolute Gasteiger partial charge is 0.381 e. The van der Waals surface area contributed by atoms with Crippen molar-refractivity contribution in [2.45, 2.75) is 13.0 Å². The average Bonchev–Trinajstić information content (AvgIpc) is 3.27. The minimum absolute atomic E-state index is 0.101. The van der Waals surface area contributed by atoms with Crippen molar-refractivity contribution in [1.82, 2.24) is 19.7 Å². The molecule has 0 spiro atoms. The van der Waals surface area contributed by atoms with Gasteiger partial charge in [-0.05, 0) is 48.7 Å². The van der Waals surface area contributed by atoms with Crippen LogP contribution >= 0.6 is 0 Å². The summed E-state index contributed by atoms with van der Waals surface area (Å²) in [7, 11) is 1.71. The Morgan fingerprint density at radius 3 is 2.46 bits per heavy atom. The van der Waals surface area contributed by atoms with Crippen molar-refractivity contribution < 1.29 is 4.79 Å². The highest BCUT2D eigenvalue weighted by molar-refractivity contribution is 6.03. The van der Waals surface area contributed by atoms with Crippen molar-refractivity contribution in [1.29, 1.82) is 0 Å². The highest BCUT2D eigenvalue weighted by atomic mass is 16.2. The lowest BCUT2D eigenvalue weighted by Crippen LogP contribution is -2.32. The van der Waals surface area contributed by atoms with Crippen LogP contribution in [0.3, 0.4) is 0 Å². The minimum Gasteiger partial charge on any atom is -0.381 e. The predicted octanol–water partition coefficient (Wildman–Crippen LogP) is 4.80. The molecule has 0 aliphatic rings. The lowest BCUT2D eigenvalue weighted by molar-refractivity contribution is 0.0940. The number of hydrogen-bond donors (Lipinski definition) is 3. The quantitative estimate of drug-likeness (QED) is 0.202. The van der Waals surface area contributed by atoms with E-state index < -0.39 is 11.9 Å². The van der Waals surface area contributed by atoms with Crippen molar-refractivity contribution in [2.24, 2.45) is 7.05 Å². The molecule has 5 aromatic rings. The van der Waals surface area contributed by atoms with E-state index in [1.54, 1.807) is 17.7 Å². The molecular weight excluding hydrogens is 512 g/mol. The summed E-state index contributed by atoms with van der Waals surface area (Å²) in [5, 5.41) is 11.6. The predicted molar refractivity (Wildman–Crippen MR) is 164 cm³/mol. The Balaban J connectivity index is 1.62. The highest BCUT2D eigenvalue weighted by Gasteiger charge is 2.25. The standard InChI is InChI=1S/C33H30N6O2/c1-4-20-35-31-29(30(34)37-38(31)3)32(40)36-22(2)27-21-25-15-11-14-24(19-18-23-12-7-5-8-13-23)28(25)33(41)39(27)26-16-9-6-10-17-26/h4-17,21-22,35H,1,20H2,2-3H3,(H2,34,37)(H,36,40). The summed E-state index contributed by atoms with van der Waals surface area (Å²) in [6, 6.07) is 26.0. The lowest BCUT2D eigenvalue weighted by atomic mass is 10.0. The number of para-hydroxylation sites is 1. The van der Waals surface area contributed by atoms with Gasteiger partial charge in [-0.3, -0.25) is 18.8 Å². The monoisotopic (exact) mass is 542 g/mol. The average molecular weight is 543 g/mol. The van der Waals surface area contributed by atoms with Gasteiger partial charge < -0.3 is 16.4 Å². The number of pyridine rings is 1. The van der Waals surface area contributed by atoms with E-state index in [1.807, 2.05) is 91.9 Å². The smallest absolute Gasteiger partial charge is 0.264 e. The van der Waals surface area contributed by atoms with Gasteiger partial charge in [0.1, 0.15) is 11.4 Å². The van der Waals surface area contributed by atoms with Crippen LogP contribution < -0.4 is 21.9 Å². The number of aryl methyl sites for hydroxylation is 1.